The summed E-state index contributed by atoms with van der Waals surface area (Å²) in [4.78, 5) is 154. The van der Waals surface area contributed by atoms with Gasteiger partial charge in [-0.1, -0.05) is 54.4 Å². The molecule has 0 unspecified atom stereocenters. The zero-order chi connectivity index (χ0) is 56.0. The molecule has 0 saturated carbocycles. The van der Waals surface area contributed by atoms with Gasteiger partial charge in [-0.25, -0.2) is 0 Å². The van der Waals surface area contributed by atoms with E-state index in [1.807, 2.05) is 25.4 Å². The summed E-state index contributed by atoms with van der Waals surface area (Å²) in [5.74, 6) is -11.0. The molecule has 0 rings (SSSR count). The largest absolute Gasteiger partial charge is 0.480 e. The first-order chi connectivity index (χ1) is 34.3. The van der Waals surface area contributed by atoms with E-state index in [0.717, 1.165) is 0 Å². The Bertz CT molecular complexity index is 1880. The van der Waals surface area contributed by atoms with Crippen LogP contribution in [0.25, 0.3) is 0 Å². The summed E-state index contributed by atoms with van der Waals surface area (Å²) >= 11 is 1.52. The molecule has 0 aliphatic rings. The van der Waals surface area contributed by atoms with Crippen LogP contribution >= 0.6 is 11.8 Å². The van der Waals surface area contributed by atoms with Crippen molar-refractivity contribution in [2.24, 2.45) is 35.0 Å². The summed E-state index contributed by atoms with van der Waals surface area (Å²) in [6, 6.07) is -10.2. The fourth-order valence-corrected chi connectivity index (χ4v) is 7.14. The minimum Gasteiger partial charge on any atom is -0.480 e. The summed E-state index contributed by atoms with van der Waals surface area (Å²) in [7, 11) is 0. The summed E-state index contributed by atoms with van der Waals surface area (Å²) in [6.07, 6.45) is 3.25. The number of carboxylic acid groups (broad SMARTS) is 1. The van der Waals surface area contributed by atoms with Crippen LogP contribution < -0.4 is 70.4 Å². The molecule has 11 amide bonds. The van der Waals surface area contributed by atoms with Crippen LogP contribution in [-0.2, 0) is 57.5 Å². The number of aliphatic carboxylic acids is 1. The van der Waals surface area contributed by atoms with Gasteiger partial charge in [0.2, 0.25) is 65.0 Å². The fourth-order valence-electron chi connectivity index (χ4n) is 6.65. The molecule has 0 heterocycles. The Labute approximate surface area is 430 Å². The maximum absolute atomic E-state index is 13.8. The lowest BCUT2D eigenvalue weighted by molar-refractivity contribution is -0.139. The fraction of sp³-hybridized carbons (Fsp3) is 0.733. The lowest BCUT2D eigenvalue weighted by atomic mass is 9.94. The molecule has 0 aliphatic carbocycles. The summed E-state index contributed by atoms with van der Waals surface area (Å²) in [6.45, 7) is 9.15. The number of primary amides is 1. The predicted molar refractivity (Wildman–Crippen MR) is 269 cm³/mol. The van der Waals surface area contributed by atoms with Crippen molar-refractivity contribution in [2.45, 2.75) is 148 Å². The molecule has 0 aromatic rings. The van der Waals surface area contributed by atoms with Crippen LogP contribution in [0.5, 0.6) is 0 Å². The minimum absolute atomic E-state index is 0.00106. The number of aliphatic hydroxyl groups excluding tert-OH is 1. The van der Waals surface area contributed by atoms with E-state index < -0.39 is 164 Å². The van der Waals surface area contributed by atoms with Crippen LogP contribution in [0.15, 0.2) is 0 Å². The average molecular weight is 1060 g/mol. The molecule has 27 nitrogen and oxygen atoms in total. The van der Waals surface area contributed by atoms with E-state index in [4.69, 9.17) is 22.3 Å². The molecule has 0 bridgehead atoms. The lowest BCUT2D eigenvalue weighted by Gasteiger charge is -2.29. The van der Waals surface area contributed by atoms with E-state index in [-0.39, 0.29) is 25.3 Å². The number of carboxylic acids is 1. The summed E-state index contributed by atoms with van der Waals surface area (Å²) < 4.78 is 0. The van der Waals surface area contributed by atoms with Crippen molar-refractivity contribution < 1.29 is 67.7 Å². The predicted octanol–water partition coefficient (Wildman–Crippen LogP) is -4.95. The van der Waals surface area contributed by atoms with Gasteiger partial charge in [-0.2, -0.15) is 11.8 Å². The summed E-state index contributed by atoms with van der Waals surface area (Å²) in [5.41, 5.74) is 16.9. The molecule has 10 atom stereocenters. The second kappa shape index (κ2) is 35.9. The number of carbonyl (C=O) groups excluding carboxylic acids is 11. The van der Waals surface area contributed by atoms with Crippen molar-refractivity contribution in [3.63, 3.8) is 0 Å². The first-order valence-corrected chi connectivity index (χ1v) is 25.6. The summed E-state index contributed by atoms with van der Waals surface area (Å²) in [5, 5.41) is 42.6. The second-order valence-corrected chi connectivity index (χ2v) is 19.0. The molecule has 18 N–H and O–H groups in total. The van der Waals surface area contributed by atoms with Crippen molar-refractivity contribution >= 4 is 82.7 Å². The van der Waals surface area contributed by atoms with E-state index in [1.54, 1.807) is 27.7 Å². The number of carbonyl (C=O) groups is 12. The van der Waals surface area contributed by atoms with Crippen LogP contribution in [0, 0.1) is 17.8 Å². The van der Waals surface area contributed by atoms with Crippen molar-refractivity contribution in [3.8, 4) is 0 Å². The van der Waals surface area contributed by atoms with Crippen molar-refractivity contribution in [3.05, 3.63) is 0 Å². The van der Waals surface area contributed by atoms with Gasteiger partial charge in [0, 0.05) is 0 Å². The highest BCUT2D eigenvalue weighted by atomic mass is 32.2. The lowest BCUT2D eigenvalue weighted by Crippen LogP contribution is -2.60. The van der Waals surface area contributed by atoms with Crippen LogP contribution in [-0.4, -0.2) is 174 Å². The first kappa shape index (κ1) is 66.9. The van der Waals surface area contributed by atoms with E-state index in [1.165, 1.54) is 18.7 Å². The maximum atomic E-state index is 13.8. The number of unbranched alkanes of at least 4 members (excludes halogenated alkanes) is 1. The third-order valence-electron chi connectivity index (χ3n) is 11.4. The molecule has 0 aliphatic heterocycles. The van der Waals surface area contributed by atoms with Crippen LogP contribution in [0.4, 0.5) is 0 Å². The minimum atomic E-state index is -1.72. The zero-order valence-corrected chi connectivity index (χ0v) is 44.0. The highest BCUT2D eigenvalue weighted by molar-refractivity contribution is 7.98. The highest BCUT2D eigenvalue weighted by Crippen LogP contribution is 2.13. The SMILES string of the molecule is CC[C@H](C)[C@H](NC(=O)CNC(=O)[C@H](CC(C)C)NC(=O)[C@@H](N)CCSC)C(=O)N[C@H](C(=O)N[C@@H](C)C(=O)NCC(=O)N[C@@H](CCCCN)C(=O)N[C@@H](CC(N)=O)C(=O)N[C@@H](CO)C(=O)NCC(=O)O)[C@@H](C)CC. The highest BCUT2D eigenvalue weighted by Gasteiger charge is 2.35. The average Bonchev–Trinajstić information content (AvgIpc) is 3.33. The van der Waals surface area contributed by atoms with Gasteiger partial charge in [0.05, 0.1) is 32.2 Å². The Morgan fingerprint density at radius 2 is 1.04 bits per heavy atom. The topological polar surface area (TPSA) is 444 Å². The van der Waals surface area contributed by atoms with Crippen molar-refractivity contribution in [2.75, 3.05) is 44.8 Å². The molecule has 0 aromatic carbocycles. The molecule has 0 aromatic heterocycles. The Kier molecular flexibility index (Phi) is 32.9. The molecule has 0 fully saturated rings. The standard InChI is InChI=1S/C45H81N13O14S/c1-9-24(5)36(57-34(62)20-50-40(67)29(17-23(3)4)54-39(66)27(47)14-16-73-8)45(72)58-37(25(6)10-2)44(71)52-26(7)38(65)49-19-33(61)53-28(13-11-12-15-46)42(69)55-30(18-32(48)60)43(70)56-31(22-59)41(68)51-21-35(63)64/h23-31,36-37,59H,9-22,46-47H2,1-8H3,(H2,48,60)(H,49,65)(H,50,67)(H,51,68)(H,52,71)(H,53,61)(H,54,66)(H,55,69)(H,56,70)(H,57,62)(H,58,72)(H,63,64)/t24-,25-,26-,27-,28-,29-,30-,31-,36-,37-/m0/s1. The molecule has 0 spiro atoms. The number of amides is 11. The van der Waals surface area contributed by atoms with Gasteiger partial charge in [-0.05, 0) is 75.3 Å². The third kappa shape index (κ3) is 26.9. The number of thioether (sulfide) groups is 1. The molecule has 73 heavy (non-hydrogen) atoms. The van der Waals surface area contributed by atoms with Crippen LogP contribution in [0.3, 0.4) is 0 Å². The van der Waals surface area contributed by atoms with Gasteiger partial charge in [-0.3, -0.25) is 57.5 Å². The monoisotopic (exact) mass is 1060 g/mol. The molecule has 0 radical (unpaired) electrons. The Morgan fingerprint density at radius 1 is 0.548 bits per heavy atom. The normalized spacial score (nSPS) is 15.1. The van der Waals surface area contributed by atoms with Gasteiger partial charge >= 0.3 is 5.97 Å². The number of rotatable bonds is 37. The smallest absolute Gasteiger partial charge is 0.322 e. The van der Waals surface area contributed by atoms with Gasteiger partial charge in [0.25, 0.3) is 0 Å². The van der Waals surface area contributed by atoms with Crippen molar-refractivity contribution in [1.82, 2.24) is 53.2 Å². The van der Waals surface area contributed by atoms with Crippen LogP contribution in [0.2, 0.25) is 0 Å². The van der Waals surface area contributed by atoms with E-state index >= 15 is 0 Å². The third-order valence-corrected chi connectivity index (χ3v) is 12.0. The number of hydrogen-bond donors (Lipinski definition) is 15. The molecule has 28 heteroatoms. The van der Waals surface area contributed by atoms with E-state index in [2.05, 4.69) is 47.9 Å². The molecular formula is C45H81N13O14S. The van der Waals surface area contributed by atoms with E-state index in [9.17, 15) is 62.6 Å². The molecular weight excluding hydrogens is 979 g/mol. The van der Waals surface area contributed by atoms with Gasteiger partial charge < -0.3 is 80.6 Å². The van der Waals surface area contributed by atoms with Gasteiger partial charge in [0.15, 0.2) is 0 Å². The first-order valence-electron chi connectivity index (χ1n) is 24.3. The number of nitrogens with two attached hydrogens (primary N) is 3. The van der Waals surface area contributed by atoms with Gasteiger partial charge in [0.1, 0.15) is 48.8 Å². The quantitative estimate of drug-likeness (QED) is 0.0259. The Balaban J connectivity index is 5.88. The second-order valence-electron chi connectivity index (χ2n) is 18.0. The number of hydrogen-bond acceptors (Lipinski definition) is 16. The Hall–Kier alpha value is -6.13. The van der Waals surface area contributed by atoms with Crippen molar-refractivity contribution in [1.29, 1.82) is 0 Å². The zero-order valence-electron chi connectivity index (χ0n) is 43.2. The number of aliphatic hydroxyl groups is 1. The van der Waals surface area contributed by atoms with Gasteiger partial charge in [-0.15, -0.1) is 0 Å². The Morgan fingerprint density at radius 3 is 1.56 bits per heavy atom. The molecule has 416 valence electrons. The van der Waals surface area contributed by atoms with Crippen LogP contribution in [0.1, 0.15) is 99.8 Å². The number of nitrogens with one attached hydrogen (secondary N) is 10. The maximum Gasteiger partial charge on any atom is 0.322 e. The van der Waals surface area contributed by atoms with E-state index in [0.29, 0.717) is 37.9 Å². The molecule has 0 saturated heterocycles.